The van der Waals surface area contributed by atoms with Gasteiger partial charge in [0.1, 0.15) is 6.26 Å². The molecule has 158 valence electrons. The lowest BCUT2D eigenvalue weighted by molar-refractivity contribution is -0.242. The van der Waals surface area contributed by atoms with Crippen molar-refractivity contribution >= 4 is 44.2 Å². The van der Waals surface area contributed by atoms with E-state index in [1.165, 1.54) is 30.5 Å². The monoisotopic (exact) mass is 469 g/mol. The first-order valence-electron chi connectivity index (χ1n) is 7.76. The van der Waals surface area contributed by atoms with Crippen LogP contribution in [0.4, 0.5) is 18.9 Å². The Labute approximate surface area is 172 Å². The van der Waals surface area contributed by atoms with E-state index in [1.807, 2.05) is 5.32 Å². The van der Waals surface area contributed by atoms with Gasteiger partial charge in [-0.15, -0.1) is 0 Å². The molecule has 0 aliphatic heterocycles. The molecule has 0 aromatic heterocycles. The zero-order valence-electron chi connectivity index (χ0n) is 15.0. The zero-order chi connectivity index (χ0) is 22.2. The van der Waals surface area contributed by atoms with Gasteiger partial charge in [0.25, 0.3) is 5.91 Å². The number of hydrogen-bond donors (Lipinski definition) is 2. The predicted octanol–water partition coefficient (Wildman–Crippen LogP) is 3.16. The summed E-state index contributed by atoms with van der Waals surface area (Å²) in [6.45, 7) is 0.278. The molecule has 0 radical (unpaired) electrons. The number of benzene rings is 2. The summed E-state index contributed by atoms with van der Waals surface area (Å²) in [5.41, 5.74) is -3.99. The van der Waals surface area contributed by atoms with Gasteiger partial charge < -0.3 is 15.0 Å². The first-order valence-corrected chi connectivity index (χ1v) is 11.2. The molecule has 1 unspecified atom stereocenters. The van der Waals surface area contributed by atoms with Crippen LogP contribution in [0.2, 0.25) is 5.02 Å². The average Bonchev–Trinajstić information content (AvgIpc) is 2.62. The molecule has 0 heterocycles. The Morgan fingerprint density at radius 3 is 2.28 bits per heavy atom. The van der Waals surface area contributed by atoms with Crippen LogP contribution in [0.1, 0.15) is 6.92 Å². The molecule has 0 aliphatic carbocycles. The average molecular weight is 470 g/mol. The van der Waals surface area contributed by atoms with Crippen molar-refractivity contribution < 1.29 is 36.0 Å². The van der Waals surface area contributed by atoms with E-state index in [-0.39, 0.29) is 32.3 Å². The van der Waals surface area contributed by atoms with Gasteiger partial charge in [-0.25, -0.2) is 8.42 Å². The molecule has 29 heavy (non-hydrogen) atoms. The van der Waals surface area contributed by atoms with E-state index in [0.29, 0.717) is 0 Å². The SMILES string of the molecule is C[S+]([O-])c1cccc(S(=O)(=O)c2ccc(NC(=O)[C@@](C)(O)C(F)(F)F)c(Cl)c2)c1. The van der Waals surface area contributed by atoms with Crippen molar-refractivity contribution in [3.63, 3.8) is 0 Å². The normalized spacial score (nSPS) is 15.4. The van der Waals surface area contributed by atoms with Gasteiger partial charge in [0.15, 0.2) is 4.90 Å². The Morgan fingerprint density at radius 2 is 1.76 bits per heavy atom. The molecule has 0 bridgehead atoms. The van der Waals surface area contributed by atoms with Crippen molar-refractivity contribution in [3.05, 3.63) is 47.5 Å². The number of halogens is 4. The number of alkyl halides is 3. The van der Waals surface area contributed by atoms with Crippen molar-refractivity contribution in [2.75, 3.05) is 11.6 Å². The van der Waals surface area contributed by atoms with Gasteiger partial charge in [-0.3, -0.25) is 4.79 Å². The topological polar surface area (TPSA) is 107 Å². The molecule has 12 heteroatoms. The highest BCUT2D eigenvalue weighted by molar-refractivity contribution is 7.92. The van der Waals surface area contributed by atoms with E-state index < -0.39 is 38.7 Å². The Bertz CT molecular complexity index is 1040. The maximum Gasteiger partial charge on any atom is 0.426 e. The summed E-state index contributed by atoms with van der Waals surface area (Å²) in [7, 11) is -4.08. The third-order valence-corrected chi connectivity index (χ3v) is 6.92. The molecule has 2 atom stereocenters. The number of sulfone groups is 1. The maximum atomic E-state index is 12.8. The molecule has 0 saturated heterocycles. The number of rotatable bonds is 5. The fourth-order valence-electron chi connectivity index (χ4n) is 2.09. The maximum absolute atomic E-state index is 12.8. The molecule has 1 amide bonds. The number of aliphatic hydroxyl groups is 1. The lowest BCUT2D eigenvalue weighted by Crippen LogP contribution is -2.52. The van der Waals surface area contributed by atoms with Crippen LogP contribution in [0.5, 0.6) is 0 Å². The summed E-state index contributed by atoms with van der Waals surface area (Å²) in [6.07, 6.45) is -3.84. The van der Waals surface area contributed by atoms with Crippen molar-refractivity contribution in [2.24, 2.45) is 0 Å². The molecule has 0 spiro atoms. The second kappa shape index (κ2) is 8.15. The molecule has 0 aliphatic rings. The van der Waals surface area contributed by atoms with Crippen LogP contribution in [0.3, 0.4) is 0 Å². The quantitative estimate of drug-likeness (QED) is 0.654. The van der Waals surface area contributed by atoms with Crippen LogP contribution in [0.25, 0.3) is 0 Å². The molecular formula is C17H15ClF3NO5S2. The molecule has 6 nitrogen and oxygen atoms in total. The van der Waals surface area contributed by atoms with Gasteiger partial charge >= 0.3 is 6.18 Å². The van der Waals surface area contributed by atoms with Gasteiger partial charge in [0, 0.05) is 6.07 Å². The lowest BCUT2D eigenvalue weighted by Gasteiger charge is -2.25. The fraction of sp³-hybridized carbons (Fsp3) is 0.235. The van der Waals surface area contributed by atoms with Gasteiger partial charge in [-0.05, 0) is 48.4 Å². The second-order valence-corrected chi connectivity index (χ2v) is 9.83. The Balaban J connectivity index is 2.36. The second-order valence-electron chi connectivity index (χ2n) is 6.10. The van der Waals surface area contributed by atoms with Gasteiger partial charge in [-0.1, -0.05) is 17.7 Å². The van der Waals surface area contributed by atoms with Crippen LogP contribution in [0.15, 0.2) is 57.2 Å². The third-order valence-electron chi connectivity index (χ3n) is 3.94. The molecule has 2 aromatic rings. The van der Waals surface area contributed by atoms with Crippen molar-refractivity contribution in [3.8, 4) is 0 Å². The van der Waals surface area contributed by atoms with E-state index in [9.17, 15) is 36.0 Å². The number of carbonyl (C=O) groups excluding carboxylic acids is 1. The highest BCUT2D eigenvalue weighted by atomic mass is 35.5. The summed E-state index contributed by atoms with van der Waals surface area (Å²) >= 11 is 4.51. The van der Waals surface area contributed by atoms with Crippen LogP contribution in [-0.2, 0) is 25.8 Å². The minimum Gasteiger partial charge on any atom is -0.612 e. The molecule has 0 fully saturated rings. The Kier molecular flexibility index (Phi) is 6.60. The van der Waals surface area contributed by atoms with Crippen molar-refractivity contribution in [1.82, 2.24) is 0 Å². The van der Waals surface area contributed by atoms with Crippen molar-refractivity contribution in [1.29, 1.82) is 0 Å². The first kappa shape index (κ1) is 23.5. The van der Waals surface area contributed by atoms with E-state index >= 15 is 0 Å². The van der Waals surface area contributed by atoms with Crippen LogP contribution in [-0.4, -0.2) is 42.0 Å². The molecule has 2 aromatic carbocycles. The van der Waals surface area contributed by atoms with E-state index in [4.69, 9.17) is 11.6 Å². The van der Waals surface area contributed by atoms with Gasteiger partial charge in [-0.2, -0.15) is 13.2 Å². The lowest BCUT2D eigenvalue weighted by atomic mass is 10.1. The first-order chi connectivity index (χ1) is 13.2. The van der Waals surface area contributed by atoms with Crippen LogP contribution < -0.4 is 5.32 Å². The summed E-state index contributed by atoms with van der Waals surface area (Å²) in [4.78, 5) is 11.6. The number of carbonyl (C=O) groups is 1. The summed E-state index contributed by atoms with van der Waals surface area (Å²) in [6, 6.07) is 8.41. The minimum atomic E-state index is -5.22. The number of nitrogens with one attached hydrogen (secondary N) is 1. The molecule has 2 rings (SSSR count). The van der Waals surface area contributed by atoms with Gasteiger partial charge in [0.05, 0.1) is 20.5 Å². The van der Waals surface area contributed by atoms with E-state index in [2.05, 4.69) is 0 Å². The number of anilines is 1. The minimum absolute atomic E-state index is 0.155. The fourth-order valence-corrected chi connectivity index (χ4v) is 4.36. The van der Waals surface area contributed by atoms with E-state index in [1.54, 1.807) is 0 Å². The largest absolute Gasteiger partial charge is 0.612 e. The Morgan fingerprint density at radius 1 is 1.17 bits per heavy atom. The standard InChI is InChI=1S/C17H15ClF3NO5S2/c1-16(24,17(19,20)21)15(23)22-14-7-6-12(9-13(14)18)29(26,27)11-5-3-4-10(8-11)28(2)25/h3-9,24H,1-2H3,(H,22,23)/t16-,28?/m1/s1. The highest BCUT2D eigenvalue weighted by Crippen LogP contribution is 2.33. The molecule has 2 N–H and O–H groups in total. The smallest absolute Gasteiger partial charge is 0.426 e. The third kappa shape index (κ3) is 4.86. The summed E-state index contributed by atoms with van der Waals surface area (Å²) in [5, 5.41) is 10.8. The van der Waals surface area contributed by atoms with Crippen LogP contribution >= 0.6 is 11.6 Å². The molecular weight excluding hydrogens is 455 g/mol. The van der Waals surface area contributed by atoms with Crippen molar-refractivity contribution in [2.45, 2.75) is 33.4 Å². The summed E-state index contributed by atoms with van der Waals surface area (Å²) < 4.78 is 75.3. The summed E-state index contributed by atoms with van der Waals surface area (Å²) in [5.74, 6) is -1.78. The van der Waals surface area contributed by atoms with Crippen LogP contribution in [0, 0.1) is 0 Å². The Hall–Kier alpha value is -1.79. The highest BCUT2D eigenvalue weighted by Gasteiger charge is 2.55. The number of amides is 1. The van der Waals surface area contributed by atoms with E-state index in [0.717, 1.165) is 18.2 Å². The molecule has 0 saturated carbocycles. The predicted molar refractivity (Wildman–Crippen MR) is 101 cm³/mol. The van der Waals surface area contributed by atoms with Gasteiger partial charge in [0.2, 0.25) is 15.4 Å². The number of hydrogen-bond acceptors (Lipinski definition) is 5. The zero-order valence-corrected chi connectivity index (χ0v) is 17.3.